The number of halogens is 1. The zero-order chi connectivity index (χ0) is 26.8. The van der Waals surface area contributed by atoms with E-state index < -0.39 is 26.9 Å². The topological polar surface area (TPSA) is 105 Å². The molecule has 4 rings (SSSR count). The Morgan fingerprint density at radius 3 is 2.59 bits per heavy atom. The number of ether oxygens (including phenoxy) is 2. The van der Waals surface area contributed by atoms with E-state index in [0.717, 1.165) is 61.2 Å². The fourth-order valence-electron chi connectivity index (χ4n) is 4.64. The first-order chi connectivity index (χ1) is 17.4. The third-order valence-corrected chi connectivity index (χ3v) is 9.17. The first-order valence-corrected chi connectivity index (χ1v) is 14.4. The van der Waals surface area contributed by atoms with E-state index >= 15 is 0 Å². The highest BCUT2D eigenvalue weighted by Crippen LogP contribution is 2.37. The Morgan fingerprint density at radius 2 is 1.92 bits per heavy atom. The zero-order valence-electron chi connectivity index (χ0n) is 21.5. The van der Waals surface area contributed by atoms with Crippen LogP contribution in [0.15, 0.2) is 36.4 Å². The van der Waals surface area contributed by atoms with Gasteiger partial charge in [0.2, 0.25) is 10.0 Å². The molecule has 1 atom stereocenters. The summed E-state index contributed by atoms with van der Waals surface area (Å²) in [6.45, 7) is 6.76. The molecule has 0 unspecified atom stereocenters. The quantitative estimate of drug-likeness (QED) is 0.466. The van der Waals surface area contributed by atoms with Crippen LogP contribution < -0.4 is 4.72 Å². The number of carbonyl (C=O) groups is 1. The van der Waals surface area contributed by atoms with Crippen LogP contribution in [-0.2, 0) is 39.0 Å². The van der Waals surface area contributed by atoms with Crippen molar-refractivity contribution in [2.45, 2.75) is 76.6 Å². The van der Waals surface area contributed by atoms with Gasteiger partial charge in [-0.1, -0.05) is 35.9 Å². The van der Waals surface area contributed by atoms with Crippen molar-refractivity contribution < 1.29 is 27.8 Å². The van der Waals surface area contributed by atoms with Gasteiger partial charge in [0.05, 0.1) is 30.5 Å². The molecule has 1 fully saturated rings. The van der Waals surface area contributed by atoms with Crippen LogP contribution in [0.4, 0.5) is 4.79 Å². The van der Waals surface area contributed by atoms with Crippen LogP contribution in [0, 0.1) is 0 Å². The summed E-state index contributed by atoms with van der Waals surface area (Å²) >= 11 is 6.46. The van der Waals surface area contributed by atoms with Gasteiger partial charge in [-0.15, -0.1) is 0 Å². The lowest BCUT2D eigenvalue weighted by atomic mass is 9.92. The summed E-state index contributed by atoms with van der Waals surface area (Å²) in [6, 6.07) is 10.6. The highest BCUT2D eigenvalue weighted by Gasteiger charge is 2.35. The highest BCUT2D eigenvalue weighted by molar-refractivity contribution is 7.90. The molecule has 10 heteroatoms. The maximum absolute atomic E-state index is 13.3. The molecule has 0 spiro atoms. The number of aryl methyl sites for hydroxylation is 1. The van der Waals surface area contributed by atoms with E-state index in [1.807, 2.05) is 24.3 Å². The van der Waals surface area contributed by atoms with Crippen LogP contribution in [0.3, 0.4) is 0 Å². The number of carboxylic acid groups (broad SMARTS) is 1. The number of amides is 1. The fraction of sp³-hybridized carbons (Fsp3) is 0.519. The normalized spacial score (nSPS) is 17.6. The number of fused-ring (bicyclic) bond motifs is 1. The number of sulfonamides is 1. The standard InChI is InChI=1S/C27H35ClN2O6S/c1-27(2,3)37(33,34)29-25(22-15-21(28)14-20-16-30(26(31)32)17-23(20)22)19-9-4-7-18(13-19)8-5-10-24-35-11-6-12-36-24/h4,7,9,13-15,24-25,29H,5-6,8,10-12,16-17H2,1-3H3,(H,31,32)/t25-/m0/s1. The highest BCUT2D eigenvalue weighted by atomic mass is 35.5. The number of nitrogens with zero attached hydrogens (tertiary/aromatic N) is 1. The predicted octanol–water partition coefficient (Wildman–Crippen LogP) is 5.23. The molecule has 2 N–H and O–H groups in total. The Labute approximate surface area is 224 Å². The summed E-state index contributed by atoms with van der Waals surface area (Å²) in [6.07, 6.45) is 2.16. The van der Waals surface area contributed by atoms with Crippen LogP contribution in [0.1, 0.15) is 73.9 Å². The lowest BCUT2D eigenvalue weighted by molar-refractivity contribution is -0.181. The number of benzene rings is 2. The van der Waals surface area contributed by atoms with Gasteiger partial charge in [-0.05, 0) is 86.4 Å². The van der Waals surface area contributed by atoms with Crippen molar-refractivity contribution in [1.82, 2.24) is 9.62 Å². The van der Waals surface area contributed by atoms with Gasteiger partial charge in [-0.25, -0.2) is 17.9 Å². The second-order valence-electron chi connectivity index (χ2n) is 10.6. The molecule has 2 aromatic carbocycles. The molecule has 2 aliphatic rings. The van der Waals surface area contributed by atoms with E-state index in [0.29, 0.717) is 10.6 Å². The number of hydrogen-bond acceptors (Lipinski definition) is 5. The van der Waals surface area contributed by atoms with E-state index in [1.165, 1.54) is 4.90 Å². The fourth-order valence-corrected chi connectivity index (χ4v) is 5.82. The van der Waals surface area contributed by atoms with Gasteiger partial charge in [-0.2, -0.15) is 0 Å². The largest absolute Gasteiger partial charge is 0.465 e. The molecular weight excluding hydrogens is 516 g/mol. The van der Waals surface area contributed by atoms with Crippen molar-refractivity contribution in [1.29, 1.82) is 0 Å². The van der Waals surface area contributed by atoms with Gasteiger partial charge < -0.3 is 14.6 Å². The van der Waals surface area contributed by atoms with Crippen molar-refractivity contribution in [3.8, 4) is 0 Å². The Hall–Kier alpha value is -2.17. The Kier molecular flexibility index (Phi) is 8.50. The van der Waals surface area contributed by atoms with E-state index in [-0.39, 0.29) is 19.4 Å². The minimum atomic E-state index is -3.75. The molecular formula is C27H35ClN2O6S. The molecule has 0 aliphatic carbocycles. The SMILES string of the molecule is CC(C)(C)S(=O)(=O)N[C@@H](c1cccc(CCCC2OCCCO2)c1)c1cc(Cl)cc2c1CN(C(=O)O)C2. The molecule has 2 aromatic rings. The summed E-state index contributed by atoms with van der Waals surface area (Å²) in [5.74, 6) is 0. The van der Waals surface area contributed by atoms with Crippen molar-refractivity contribution >= 4 is 27.7 Å². The van der Waals surface area contributed by atoms with Gasteiger partial charge in [0.1, 0.15) is 0 Å². The molecule has 1 amide bonds. The number of hydrogen-bond donors (Lipinski definition) is 2. The van der Waals surface area contributed by atoms with E-state index in [1.54, 1.807) is 32.9 Å². The summed E-state index contributed by atoms with van der Waals surface area (Å²) in [7, 11) is -3.75. The van der Waals surface area contributed by atoms with Gasteiger partial charge in [0, 0.05) is 11.6 Å². The predicted molar refractivity (Wildman–Crippen MR) is 142 cm³/mol. The minimum absolute atomic E-state index is 0.172. The van der Waals surface area contributed by atoms with Gasteiger partial charge in [0.25, 0.3) is 0 Å². The average molecular weight is 551 g/mol. The molecule has 2 aliphatic heterocycles. The molecule has 0 radical (unpaired) electrons. The third kappa shape index (κ3) is 6.64. The summed E-state index contributed by atoms with van der Waals surface area (Å²) in [5, 5.41) is 10.0. The lowest BCUT2D eigenvalue weighted by Crippen LogP contribution is -2.41. The van der Waals surface area contributed by atoms with Gasteiger partial charge >= 0.3 is 6.09 Å². The molecule has 8 nitrogen and oxygen atoms in total. The number of rotatable bonds is 8. The molecule has 1 saturated heterocycles. The van der Waals surface area contributed by atoms with Crippen LogP contribution in [0.2, 0.25) is 5.02 Å². The molecule has 0 aromatic heterocycles. The van der Waals surface area contributed by atoms with E-state index in [2.05, 4.69) is 4.72 Å². The molecule has 0 saturated carbocycles. The van der Waals surface area contributed by atoms with Crippen molar-refractivity contribution in [2.24, 2.45) is 0 Å². The minimum Gasteiger partial charge on any atom is -0.465 e. The molecule has 0 bridgehead atoms. The molecule has 37 heavy (non-hydrogen) atoms. The Morgan fingerprint density at radius 1 is 1.19 bits per heavy atom. The molecule has 202 valence electrons. The smallest absolute Gasteiger partial charge is 0.407 e. The van der Waals surface area contributed by atoms with E-state index in [4.69, 9.17) is 21.1 Å². The lowest BCUT2D eigenvalue weighted by Gasteiger charge is -2.28. The average Bonchev–Trinajstić information content (AvgIpc) is 3.27. The van der Waals surface area contributed by atoms with Crippen molar-refractivity contribution in [3.63, 3.8) is 0 Å². The maximum atomic E-state index is 13.3. The first-order valence-electron chi connectivity index (χ1n) is 12.6. The summed E-state index contributed by atoms with van der Waals surface area (Å²) < 4.78 is 39.8. The van der Waals surface area contributed by atoms with Crippen molar-refractivity contribution in [3.05, 3.63) is 69.2 Å². The second-order valence-corrected chi connectivity index (χ2v) is 13.5. The first kappa shape index (κ1) is 27.9. The zero-order valence-corrected chi connectivity index (χ0v) is 23.1. The maximum Gasteiger partial charge on any atom is 0.407 e. The van der Waals surface area contributed by atoms with Gasteiger partial charge in [0.15, 0.2) is 6.29 Å². The Bertz CT molecular complexity index is 1240. The Balaban J connectivity index is 1.67. The third-order valence-electron chi connectivity index (χ3n) is 6.80. The second kappa shape index (κ2) is 11.3. The van der Waals surface area contributed by atoms with Crippen LogP contribution in [-0.4, -0.2) is 48.8 Å². The van der Waals surface area contributed by atoms with Crippen LogP contribution in [0.25, 0.3) is 0 Å². The van der Waals surface area contributed by atoms with Crippen LogP contribution in [0.5, 0.6) is 0 Å². The van der Waals surface area contributed by atoms with Crippen molar-refractivity contribution in [2.75, 3.05) is 13.2 Å². The molecule has 2 heterocycles. The van der Waals surface area contributed by atoms with E-state index in [9.17, 15) is 18.3 Å². The summed E-state index contributed by atoms with van der Waals surface area (Å²) in [4.78, 5) is 13.0. The van der Waals surface area contributed by atoms with Crippen LogP contribution >= 0.6 is 11.6 Å². The van der Waals surface area contributed by atoms with Gasteiger partial charge in [-0.3, -0.25) is 4.90 Å². The number of nitrogens with one attached hydrogen (secondary N) is 1. The monoisotopic (exact) mass is 550 g/mol. The summed E-state index contributed by atoms with van der Waals surface area (Å²) in [5.41, 5.74) is 4.08.